The third-order valence-electron chi connectivity index (χ3n) is 7.23. The van der Waals surface area contributed by atoms with Crippen LogP contribution in [0, 0.1) is 24.6 Å². The third kappa shape index (κ3) is 4.51. The highest BCUT2D eigenvalue weighted by Gasteiger charge is 2.59. The molecule has 2 aliphatic rings. The van der Waals surface area contributed by atoms with Gasteiger partial charge in [-0.05, 0) is 62.7 Å². The first kappa shape index (κ1) is 24.2. The van der Waals surface area contributed by atoms with Crippen LogP contribution in [0.5, 0.6) is 5.88 Å². The van der Waals surface area contributed by atoms with E-state index in [0.29, 0.717) is 41.9 Å². The number of pyridine rings is 1. The van der Waals surface area contributed by atoms with Crippen molar-refractivity contribution in [3.63, 3.8) is 0 Å². The molecule has 1 aromatic carbocycles. The lowest BCUT2D eigenvalue weighted by atomic mass is 9.95. The molecule has 1 amide bonds. The van der Waals surface area contributed by atoms with Gasteiger partial charge in [-0.1, -0.05) is 0 Å². The summed E-state index contributed by atoms with van der Waals surface area (Å²) in [7, 11) is 0. The molecule has 4 aromatic rings. The molecule has 9 nitrogen and oxygen atoms in total. The van der Waals surface area contributed by atoms with Gasteiger partial charge in [0.25, 0.3) is 5.91 Å². The quantitative estimate of drug-likeness (QED) is 0.420. The molecular weight excluding hydrogens is 485 g/mol. The van der Waals surface area contributed by atoms with Gasteiger partial charge in [-0.3, -0.25) is 4.79 Å². The Morgan fingerprint density at radius 2 is 1.79 bits per heavy atom. The van der Waals surface area contributed by atoms with Crippen LogP contribution in [0.2, 0.25) is 0 Å². The summed E-state index contributed by atoms with van der Waals surface area (Å²) < 4.78 is 21.3. The minimum atomic E-state index is -0.606. The normalized spacial score (nSPS) is 20.3. The molecule has 0 radical (unpaired) electrons. The maximum absolute atomic E-state index is 13.5. The van der Waals surface area contributed by atoms with Gasteiger partial charge in [0.1, 0.15) is 11.9 Å². The maximum atomic E-state index is 13.5. The minimum Gasteiger partial charge on any atom is -0.474 e. The van der Waals surface area contributed by atoms with Crippen LogP contribution in [0.1, 0.15) is 35.5 Å². The predicted octanol–water partition coefficient (Wildman–Crippen LogP) is 3.52. The Morgan fingerprint density at radius 3 is 2.45 bits per heavy atom. The minimum absolute atomic E-state index is 0.0229. The number of fused-ring (bicyclic) bond motifs is 1. The Bertz CT molecular complexity index is 1490. The van der Waals surface area contributed by atoms with E-state index in [4.69, 9.17) is 15.5 Å². The number of nitrogens with zero attached hydrogens (tertiary/aromatic N) is 6. The van der Waals surface area contributed by atoms with E-state index in [1.807, 2.05) is 37.8 Å². The summed E-state index contributed by atoms with van der Waals surface area (Å²) in [6.07, 6.45) is 4.93. The van der Waals surface area contributed by atoms with Gasteiger partial charge in [-0.2, -0.15) is 5.10 Å². The Morgan fingerprint density at radius 1 is 1.11 bits per heavy atom. The number of amides is 1. The lowest BCUT2D eigenvalue weighted by Gasteiger charge is -2.22. The van der Waals surface area contributed by atoms with Crippen LogP contribution in [0.3, 0.4) is 0 Å². The van der Waals surface area contributed by atoms with E-state index >= 15 is 0 Å². The van der Waals surface area contributed by atoms with Gasteiger partial charge in [0.05, 0.1) is 17.0 Å². The van der Waals surface area contributed by atoms with Crippen molar-refractivity contribution in [2.45, 2.75) is 32.4 Å². The van der Waals surface area contributed by atoms with E-state index in [9.17, 15) is 9.18 Å². The van der Waals surface area contributed by atoms with Crippen LogP contribution in [-0.4, -0.2) is 54.7 Å². The maximum Gasteiger partial charge on any atom is 0.257 e. The van der Waals surface area contributed by atoms with Crippen LogP contribution in [0.15, 0.2) is 61.1 Å². The average molecular weight is 514 g/mol. The van der Waals surface area contributed by atoms with Gasteiger partial charge in [-0.15, -0.1) is 0 Å². The number of benzene rings is 1. The molecule has 10 heteroatoms. The van der Waals surface area contributed by atoms with Gasteiger partial charge in [0, 0.05) is 60.7 Å². The molecule has 194 valence electrons. The SMILES string of the molecule is Cc1nn(-c2ncccn2)cc1C(=O)N1C[C@@H]2[C@H](C1)[C@H]2Oc1cc(C(C)(C)N)cc(-c2ccc(F)cc2)n1. The molecule has 1 saturated heterocycles. The van der Waals surface area contributed by atoms with Crippen molar-refractivity contribution in [1.82, 2.24) is 29.6 Å². The van der Waals surface area contributed by atoms with Gasteiger partial charge >= 0.3 is 0 Å². The largest absolute Gasteiger partial charge is 0.474 e. The standard InChI is InChI=1S/C28H28FN7O2/c1-16-20(15-36(34-16)27-31-9-4-10-32-27)26(37)35-13-21-22(14-35)25(21)38-24-12-18(28(2,3)30)11-23(33-24)17-5-7-19(29)8-6-17/h4-12,15,21-22,25H,13-14,30H2,1-3H3/t21-,22+,25+. The second-order valence-corrected chi connectivity index (χ2v) is 10.5. The summed E-state index contributed by atoms with van der Waals surface area (Å²) in [5, 5.41) is 4.42. The van der Waals surface area contributed by atoms with Gasteiger partial charge in [-0.25, -0.2) is 24.0 Å². The zero-order valence-electron chi connectivity index (χ0n) is 21.4. The van der Waals surface area contributed by atoms with Crippen LogP contribution in [0.25, 0.3) is 17.2 Å². The number of hydrogen-bond donors (Lipinski definition) is 1. The summed E-state index contributed by atoms with van der Waals surface area (Å²) in [4.78, 5) is 28.2. The monoisotopic (exact) mass is 513 g/mol. The van der Waals surface area contributed by atoms with Crippen molar-refractivity contribution >= 4 is 5.91 Å². The van der Waals surface area contributed by atoms with E-state index in [0.717, 1.165) is 11.1 Å². The number of carbonyl (C=O) groups is 1. The van der Waals surface area contributed by atoms with Crippen molar-refractivity contribution in [3.05, 3.63) is 83.7 Å². The summed E-state index contributed by atoms with van der Waals surface area (Å²) in [6, 6.07) is 11.7. The highest BCUT2D eigenvalue weighted by atomic mass is 19.1. The number of ether oxygens (including phenoxy) is 1. The molecule has 38 heavy (non-hydrogen) atoms. The molecular formula is C28H28FN7O2. The van der Waals surface area contributed by atoms with Crippen LogP contribution >= 0.6 is 0 Å². The number of nitrogens with two attached hydrogens (primary N) is 1. The molecule has 1 saturated carbocycles. The van der Waals surface area contributed by atoms with E-state index in [1.54, 1.807) is 36.8 Å². The highest BCUT2D eigenvalue weighted by molar-refractivity contribution is 5.95. The highest BCUT2D eigenvalue weighted by Crippen LogP contribution is 2.48. The molecule has 2 N–H and O–H groups in total. The zero-order valence-corrected chi connectivity index (χ0v) is 21.4. The molecule has 3 aromatic heterocycles. The molecule has 0 bridgehead atoms. The van der Waals surface area contributed by atoms with E-state index in [-0.39, 0.29) is 29.7 Å². The number of carbonyl (C=O) groups excluding carboxylic acids is 1. The number of rotatable bonds is 6. The second kappa shape index (κ2) is 8.98. The number of piperidine rings is 1. The first-order valence-corrected chi connectivity index (χ1v) is 12.5. The first-order chi connectivity index (χ1) is 18.2. The molecule has 0 spiro atoms. The van der Waals surface area contributed by atoms with Gasteiger partial charge < -0.3 is 15.4 Å². The van der Waals surface area contributed by atoms with Crippen molar-refractivity contribution < 1.29 is 13.9 Å². The Kier molecular flexibility index (Phi) is 5.71. The van der Waals surface area contributed by atoms with Crippen molar-refractivity contribution in [2.24, 2.45) is 17.6 Å². The molecule has 4 heterocycles. The predicted molar refractivity (Wildman–Crippen MR) is 138 cm³/mol. The summed E-state index contributed by atoms with van der Waals surface area (Å²) >= 11 is 0. The Labute approximate surface area is 219 Å². The first-order valence-electron chi connectivity index (χ1n) is 12.5. The lowest BCUT2D eigenvalue weighted by molar-refractivity contribution is 0.0751. The Hall–Kier alpha value is -4.18. The number of halogens is 1. The number of likely N-dealkylation sites (tertiary alicyclic amines) is 1. The fraction of sp³-hybridized carbons (Fsp3) is 0.321. The lowest BCUT2D eigenvalue weighted by Crippen LogP contribution is -2.33. The second-order valence-electron chi connectivity index (χ2n) is 10.5. The van der Waals surface area contributed by atoms with Crippen LogP contribution < -0.4 is 10.5 Å². The average Bonchev–Trinajstić information content (AvgIpc) is 3.22. The van der Waals surface area contributed by atoms with Gasteiger partial charge in [0.15, 0.2) is 0 Å². The smallest absolute Gasteiger partial charge is 0.257 e. The fourth-order valence-electron chi connectivity index (χ4n) is 5.01. The number of aromatic nitrogens is 5. The van der Waals surface area contributed by atoms with Crippen molar-refractivity contribution in [1.29, 1.82) is 0 Å². The molecule has 6 rings (SSSR count). The molecule has 1 aliphatic heterocycles. The van der Waals surface area contributed by atoms with Crippen molar-refractivity contribution in [3.8, 4) is 23.1 Å². The number of hydrogen-bond acceptors (Lipinski definition) is 7. The molecule has 2 fully saturated rings. The molecule has 3 atom stereocenters. The fourth-order valence-corrected chi connectivity index (χ4v) is 5.01. The van der Waals surface area contributed by atoms with Crippen LogP contribution in [-0.2, 0) is 5.54 Å². The van der Waals surface area contributed by atoms with Crippen LogP contribution in [0.4, 0.5) is 4.39 Å². The summed E-state index contributed by atoms with van der Waals surface area (Å²) in [5.74, 6) is 1.01. The van der Waals surface area contributed by atoms with E-state index < -0.39 is 5.54 Å². The van der Waals surface area contributed by atoms with E-state index in [1.165, 1.54) is 16.8 Å². The molecule has 0 unspecified atom stereocenters. The Balaban J connectivity index is 1.16. The molecule has 1 aliphatic carbocycles. The summed E-state index contributed by atoms with van der Waals surface area (Å²) in [5.41, 5.74) is 9.29. The van der Waals surface area contributed by atoms with E-state index in [2.05, 4.69) is 15.1 Å². The third-order valence-corrected chi connectivity index (χ3v) is 7.23. The zero-order chi connectivity index (χ0) is 26.6. The number of aryl methyl sites for hydroxylation is 1. The summed E-state index contributed by atoms with van der Waals surface area (Å²) in [6.45, 7) is 6.86. The topological polar surface area (TPSA) is 112 Å². The van der Waals surface area contributed by atoms with Crippen molar-refractivity contribution in [2.75, 3.05) is 13.1 Å². The van der Waals surface area contributed by atoms with Gasteiger partial charge in [0.2, 0.25) is 11.8 Å².